The number of rotatable bonds is 5. The first kappa shape index (κ1) is 10.7. The SMILES string of the molecule is CCN1CCCC1CNCc1ccc[nH]1. The third-order valence-electron chi connectivity index (χ3n) is 3.26. The zero-order valence-corrected chi connectivity index (χ0v) is 9.50. The molecule has 1 fully saturated rings. The van der Waals surface area contributed by atoms with Crippen molar-refractivity contribution >= 4 is 0 Å². The van der Waals surface area contributed by atoms with Gasteiger partial charge in [0, 0.05) is 31.0 Å². The van der Waals surface area contributed by atoms with Crippen LogP contribution in [-0.2, 0) is 6.54 Å². The fraction of sp³-hybridized carbons (Fsp3) is 0.667. The van der Waals surface area contributed by atoms with E-state index in [1.54, 1.807) is 0 Å². The fourth-order valence-electron chi connectivity index (χ4n) is 2.39. The number of aromatic amines is 1. The number of likely N-dealkylation sites (N-methyl/N-ethyl adjacent to an activating group) is 1. The highest BCUT2D eigenvalue weighted by atomic mass is 15.2. The molecule has 84 valence electrons. The maximum atomic E-state index is 3.52. The topological polar surface area (TPSA) is 31.1 Å². The highest BCUT2D eigenvalue weighted by molar-refractivity contribution is 5.03. The van der Waals surface area contributed by atoms with E-state index >= 15 is 0 Å². The predicted octanol–water partition coefficient (Wildman–Crippen LogP) is 1.59. The van der Waals surface area contributed by atoms with Crippen LogP contribution in [0.5, 0.6) is 0 Å². The maximum Gasteiger partial charge on any atom is 0.0357 e. The van der Waals surface area contributed by atoms with E-state index in [0.29, 0.717) is 0 Å². The molecule has 0 radical (unpaired) electrons. The smallest absolute Gasteiger partial charge is 0.0357 e. The summed E-state index contributed by atoms with van der Waals surface area (Å²) in [7, 11) is 0. The van der Waals surface area contributed by atoms with Gasteiger partial charge in [-0.15, -0.1) is 0 Å². The lowest BCUT2D eigenvalue weighted by molar-refractivity contribution is 0.259. The van der Waals surface area contributed by atoms with Crippen molar-refractivity contribution in [3.63, 3.8) is 0 Å². The third kappa shape index (κ3) is 2.83. The number of aromatic nitrogens is 1. The van der Waals surface area contributed by atoms with E-state index in [0.717, 1.165) is 19.1 Å². The van der Waals surface area contributed by atoms with Crippen molar-refractivity contribution in [2.75, 3.05) is 19.6 Å². The van der Waals surface area contributed by atoms with Gasteiger partial charge >= 0.3 is 0 Å². The second-order valence-electron chi connectivity index (χ2n) is 4.25. The van der Waals surface area contributed by atoms with Crippen LogP contribution < -0.4 is 5.32 Å². The molecule has 1 aliphatic heterocycles. The summed E-state index contributed by atoms with van der Waals surface area (Å²) < 4.78 is 0. The van der Waals surface area contributed by atoms with Crippen molar-refractivity contribution in [3.8, 4) is 0 Å². The van der Waals surface area contributed by atoms with Crippen LogP contribution in [0.1, 0.15) is 25.5 Å². The number of hydrogen-bond donors (Lipinski definition) is 2. The number of likely N-dealkylation sites (tertiary alicyclic amines) is 1. The Hall–Kier alpha value is -0.800. The summed E-state index contributed by atoms with van der Waals surface area (Å²) in [5.41, 5.74) is 1.27. The average Bonchev–Trinajstić information content (AvgIpc) is 2.88. The van der Waals surface area contributed by atoms with Crippen LogP contribution in [0, 0.1) is 0 Å². The van der Waals surface area contributed by atoms with Crippen molar-refractivity contribution in [2.45, 2.75) is 32.4 Å². The fourth-order valence-corrected chi connectivity index (χ4v) is 2.39. The molecular formula is C12H21N3. The van der Waals surface area contributed by atoms with E-state index in [9.17, 15) is 0 Å². The molecule has 1 atom stereocenters. The molecule has 0 aliphatic carbocycles. The molecule has 2 N–H and O–H groups in total. The summed E-state index contributed by atoms with van der Waals surface area (Å²) >= 11 is 0. The van der Waals surface area contributed by atoms with Crippen molar-refractivity contribution in [1.82, 2.24) is 15.2 Å². The number of nitrogens with one attached hydrogen (secondary N) is 2. The van der Waals surface area contributed by atoms with Gasteiger partial charge in [0.25, 0.3) is 0 Å². The van der Waals surface area contributed by atoms with Gasteiger partial charge in [0.1, 0.15) is 0 Å². The number of nitrogens with zero attached hydrogens (tertiary/aromatic N) is 1. The van der Waals surface area contributed by atoms with Crippen molar-refractivity contribution in [2.24, 2.45) is 0 Å². The highest BCUT2D eigenvalue weighted by Crippen LogP contribution is 2.15. The molecule has 0 amide bonds. The Balaban J connectivity index is 1.69. The molecule has 0 aromatic carbocycles. The lowest BCUT2D eigenvalue weighted by Gasteiger charge is -2.22. The van der Waals surface area contributed by atoms with Crippen LogP contribution in [0.4, 0.5) is 0 Å². The van der Waals surface area contributed by atoms with Gasteiger partial charge in [-0.05, 0) is 38.1 Å². The third-order valence-corrected chi connectivity index (χ3v) is 3.26. The van der Waals surface area contributed by atoms with Gasteiger partial charge < -0.3 is 10.3 Å². The molecule has 0 spiro atoms. The highest BCUT2D eigenvalue weighted by Gasteiger charge is 2.21. The van der Waals surface area contributed by atoms with E-state index in [2.05, 4.69) is 28.2 Å². The summed E-state index contributed by atoms with van der Waals surface area (Å²) in [5, 5.41) is 3.52. The Bertz CT molecular complexity index is 268. The molecule has 2 heterocycles. The van der Waals surface area contributed by atoms with E-state index in [1.807, 2.05) is 12.3 Å². The molecule has 3 heteroatoms. The Morgan fingerprint density at radius 1 is 1.60 bits per heavy atom. The van der Waals surface area contributed by atoms with E-state index in [4.69, 9.17) is 0 Å². The van der Waals surface area contributed by atoms with Crippen LogP contribution in [0.3, 0.4) is 0 Å². The molecular weight excluding hydrogens is 186 g/mol. The number of H-pyrrole nitrogens is 1. The molecule has 3 nitrogen and oxygen atoms in total. The first-order valence-corrected chi connectivity index (χ1v) is 5.97. The van der Waals surface area contributed by atoms with Gasteiger partial charge in [0.2, 0.25) is 0 Å². The summed E-state index contributed by atoms with van der Waals surface area (Å²) in [6.07, 6.45) is 4.69. The molecule has 1 aromatic heterocycles. The molecule has 1 unspecified atom stereocenters. The first-order chi connectivity index (χ1) is 7.40. The quantitative estimate of drug-likeness (QED) is 0.768. The Morgan fingerprint density at radius 2 is 2.53 bits per heavy atom. The molecule has 1 saturated heterocycles. The predicted molar refractivity (Wildman–Crippen MR) is 62.8 cm³/mol. The summed E-state index contributed by atoms with van der Waals surface area (Å²) in [6.45, 7) is 6.80. The lowest BCUT2D eigenvalue weighted by atomic mass is 10.2. The van der Waals surface area contributed by atoms with E-state index in [1.165, 1.54) is 31.6 Å². The standard InChI is InChI=1S/C12H21N3/c1-2-15-8-4-6-12(15)10-13-9-11-5-3-7-14-11/h3,5,7,12-14H,2,4,6,8-10H2,1H3. The Kier molecular flexibility index (Phi) is 3.80. The summed E-state index contributed by atoms with van der Waals surface area (Å²) in [5.74, 6) is 0. The second-order valence-corrected chi connectivity index (χ2v) is 4.25. The summed E-state index contributed by atoms with van der Waals surface area (Å²) in [4.78, 5) is 5.78. The van der Waals surface area contributed by atoms with E-state index in [-0.39, 0.29) is 0 Å². The van der Waals surface area contributed by atoms with Crippen LogP contribution in [0.15, 0.2) is 18.3 Å². The van der Waals surface area contributed by atoms with Crippen molar-refractivity contribution in [1.29, 1.82) is 0 Å². The van der Waals surface area contributed by atoms with Crippen LogP contribution in [0.2, 0.25) is 0 Å². The van der Waals surface area contributed by atoms with Gasteiger partial charge in [-0.2, -0.15) is 0 Å². The minimum Gasteiger partial charge on any atom is -0.364 e. The van der Waals surface area contributed by atoms with E-state index < -0.39 is 0 Å². The number of hydrogen-bond acceptors (Lipinski definition) is 2. The normalized spacial score (nSPS) is 22.3. The summed E-state index contributed by atoms with van der Waals surface area (Å²) in [6, 6.07) is 4.93. The largest absolute Gasteiger partial charge is 0.364 e. The molecule has 2 rings (SSSR count). The zero-order chi connectivity index (χ0) is 10.5. The zero-order valence-electron chi connectivity index (χ0n) is 9.50. The first-order valence-electron chi connectivity index (χ1n) is 5.97. The van der Waals surface area contributed by atoms with Crippen LogP contribution in [-0.4, -0.2) is 35.6 Å². The Morgan fingerprint density at radius 3 is 3.27 bits per heavy atom. The molecule has 15 heavy (non-hydrogen) atoms. The van der Waals surface area contributed by atoms with Crippen LogP contribution >= 0.6 is 0 Å². The lowest BCUT2D eigenvalue weighted by Crippen LogP contribution is -2.37. The minimum absolute atomic E-state index is 0.755. The van der Waals surface area contributed by atoms with Gasteiger partial charge in [0.15, 0.2) is 0 Å². The van der Waals surface area contributed by atoms with Crippen molar-refractivity contribution in [3.05, 3.63) is 24.0 Å². The van der Waals surface area contributed by atoms with Gasteiger partial charge in [-0.3, -0.25) is 4.90 Å². The second kappa shape index (κ2) is 5.33. The van der Waals surface area contributed by atoms with Crippen molar-refractivity contribution < 1.29 is 0 Å². The molecule has 0 bridgehead atoms. The van der Waals surface area contributed by atoms with Crippen LogP contribution in [0.25, 0.3) is 0 Å². The van der Waals surface area contributed by atoms with Gasteiger partial charge in [-0.1, -0.05) is 6.92 Å². The monoisotopic (exact) mass is 207 g/mol. The van der Waals surface area contributed by atoms with Gasteiger partial charge in [0.05, 0.1) is 0 Å². The Labute approximate surface area is 91.9 Å². The molecule has 1 aromatic rings. The minimum atomic E-state index is 0.755. The molecule has 0 saturated carbocycles. The maximum absolute atomic E-state index is 3.52. The average molecular weight is 207 g/mol. The molecule has 1 aliphatic rings. The van der Waals surface area contributed by atoms with Gasteiger partial charge in [-0.25, -0.2) is 0 Å².